The Hall–Kier alpha value is -1.00. The second-order valence-electron chi connectivity index (χ2n) is 3.21. The van der Waals surface area contributed by atoms with Crippen LogP contribution in [0, 0.1) is 0 Å². The number of rotatable bonds is 6. The molecule has 0 aliphatic rings. The average molecular weight is 240 g/mol. The van der Waals surface area contributed by atoms with Crippen LogP contribution >= 0.6 is 11.8 Å². The maximum Gasteiger partial charge on any atom is 0.306 e. The Kier molecular flexibility index (Phi) is 5.96. The molecular formula is C12H16O3S. The van der Waals surface area contributed by atoms with Gasteiger partial charge in [0.25, 0.3) is 0 Å². The van der Waals surface area contributed by atoms with E-state index in [-0.39, 0.29) is 12.6 Å². The van der Waals surface area contributed by atoms with Gasteiger partial charge >= 0.3 is 5.97 Å². The van der Waals surface area contributed by atoms with E-state index in [4.69, 9.17) is 9.84 Å². The van der Waals surface area contributed by atoms with Crippen molar-refractivity contribution in [3.05, 3.63) is 29.8 Å². The number of hydrogen-bond acceptors (Lipinski definition) is 4. The highest BCUT2D eigenvalue weighted by molar-refractivity contribution is 7.99. The zero-order valence-electron chi connectivity index (χ0n) is 9.31. The van der Waals surface area contributed by atoms with Gasteiger partial charge in [-0.05, 0) is 24.6 Å². The van der Waals surface area contributed by atoms with Gasteiger partial charge in [-0.15, -0.1) is 11.8 Å². The summed E-state index contributed by atoms with van der Waals surface area (Å²) in [5.41, 5.74) is 0.898. The SMILES string of the molecule is CCOC(=O)CCSc1ccc(CO)cc1. The van der Waals surface area contributed by atoms with Crippen LogP contribution in [0.1, 0.15) is 18.9 Å². The zero-order chi connectivity index (χ0) is 11.8. The van der Waals surface area contributed by atoms with Gasteiger partial charge in [0.15, 0.2) is 0 Å². The third kappa shape index (κ3) is 4.68. The number of carbonyl (C=O) groups excluding carboxylic acids is 1. The van der Waals surface area contributed by atoms with E-state index in [1.54, 1.807) is 18.7 Å². The molecule has 0 unspecified atom stereocenters. The summed E-state index contributed by atoms with van der Waals surface area (Å²) in [5, 5.41) is 8.87. The van der Waals surface area contributed by atoms with E-state index in [0.29, 0.717) is 13.0 Å². The zero-order valence-corrected chi connectivity index (χ0v) is 10.1. The first-order valence-electron chi connectivity index (χ1n) is 5.24. The molecule has 0 aromatic heterocycles. The molecule has 16 heavy (non-hydrogen) atoms. The lowest BCUT2D eigenvalue weighted by atomic mass is 10.2. The van der Waals surface area contributed by atoms with Crippen LogP contribution in [0.2, 0.25) is 0 Å². The molecule has 0 heterocycles. The Labute approximate surface area is 99.8 Å². The van der Waals surface area contributed by atoms with E-state index in [0.717, 1.165) is 16.2 Å². The number of aliphatic hydroxyl groups is 1. The molecule has 0 saturated heterocycles. The summed E-state index contributed by atoms with van der Waals surface area (Å²) in [4.78, 5) is 12.2. The molecule has 0 amide bonds. The minimum atomic E-state index is -0.151. The largest absolute Gasteiger partial charge is 0.466 e. The number of carbonyl (C=O) groups is 1. The standard InChI is InChI=1S/C12H16O3S/c1-2-15-12(14)7-8-16-11-5-3-10(9-13)4-6-11/h3-6,13H,2,7-9H2,1H3. The molecule has 4 heteroatoms. The van der Waals surface area contributed by atoms with Crippen molar-refractivity contribution in [1.29, 1.82) is 0 Å². The fourth-order valence-corrected chi connectivity index (χ4v) is 2.01. The fourth-order valence-electron chi connectivity index (χ4n) is 1.18. The monoisotopic (exact) mass is 240 g/mol. The van der Waals surface area contributed by atoms with Gasteiger partial charge in [0.05, 0.1) is 19.6 Å². The van der Waals surface area contributed by atoms with Crippen LogP contribution in [0.5, 0.6) is 0 Å². The van der Waals surface area contributed by atoms with Crippen LogP contribution in [-0.4, -0.2) is 23.4 Å². The average Bonchev–Trinajstić information content (AvgIpc) is 2.30. The smallest absolute Gasteiger partial charge is 0.306 e. The van der Waals surface area contributed by atoms with Crippen LogP contribution in [-0.2, 0) is 16.1 Å². The van der Waals surface area contributed by atoms with E-state index < -0.39 is 0 Å². The fraction of sp³-hybridized carbons (Fsp3) is 0.417. The molecule has 1 rings (SSSR count). The quantitative estimate of drug-likeness (QED) is 0.612. The molecule has 1 aromatic carbocycles. The first-order valence-corrected chi connectivity index (χ1v) is 6.23. The number of ether oxygens (including phenoxy) is 1. The van der Waals surface area contributed by atoms with Gasteiger partial charge in [-0.3, -0.25) is 4.79 Å². The van der Waals surface area contributed by atoms with Crippen molar-refractivity contribution in [2.24, 2.45) is 0 Å². The lowest BCUT2D eigenvalue weighted by Gasteiger charge is -2.03. The van der Waals surface area contributed by atoms with Crippen molar-refractivity contribution >= 4 is 17.7 Å². The minimum absolute atomic E-state index is 0.0633. The predicted octanol–water partition coefficient (Wildman–Crippen LogP) is 2.22. The van der Waals surface area contributed by atoms with Gasteiger partial charge in [0.1, 0.15) is 0 Å². The first kappa shape index (κ1) is 13.1. The Morgan fingerprint density at radius 1 is 1.38 bits per heavy atom. The Morgan fingerprint density at radius 3 is 2.62 bits per heavy atom. The van der Waals surface area contributed by atoms with Crippen molar-refractivity contribution < 1.29 is 14.6 Å². The van der Waals surface area contributed by atoms with Crippen LogP contribution < -0.4 is 0 Å². The molecule has 0 radical (unpaired) electrons. The highest BCUT2D eigenvalue weighted by atomic mass is 32.2. The topological polar surface area (TPSA) is 46.5 Å². The minimum Gasteiger partial charge on any atom is -0.466 e. The Bertz CT molecular complexity index is 322. The molecular weight excluding hydrogens is 224 g/mol. The molecule has 0 aliphatic carbocycles. The number of esters is 1. The van der Waals surface area contributed by atoms with Crippen molar-refractivity contribution in [1.82, 2.24) is 0 Å². The summed E-state index contributed by atoms with van der Waals surface area (Å²) in [6.45, 7) is 2.31. The van der Waals surface area contributed by atoms with E-state index >= 15 is 0 Å². The first-order chi connectivity index (χ1) is 7.76. The third-order valence-electron chi connectivity index (χ3n) is 1.99. The number of benzene rings is 1. The van der Waals surface area contributed by atoms with E-state index in [2.05, 4.69) is 0 Å². The maximum absolute atomic E-state index is 11.1. The Balaban J connectivity index is 2.29. The molecule has 1 N–H and O–H groups in total. The number of aliphatic hydroxyl groups excluding tert-OH is 1. The Morgan fingerprint density at radius 2 is 2.06 bits per heavy atom. The summed E-state index contributed by atoms with van der Waals surface area (Å²) in [6.07, 6.45) is 0.431. The molecule has 0 atom stereocenters. The molecule has 0 spiro atoms. The summed E-state index contributed by atoms with van der Waals surface area (Å²) < 4.78 is 4.83. The van der Waals surface area contributed by atoms with Crippen molar-refractivity contribution in [2.75, 3.05) is 12.4 Å². The number of hydrogen-bond donors (Lipinski definition) is 1. The van der Waals surface area contributed by atoms with E-state index in [1.807, 2.05) is 24.3 Å². The van der Waals surface area contributed by atoms with E-state index in [1.165, 1.54) is 0 Å². The van der Waals surface area contributed by atoms with Gasteiger partial charge in [-0.25, -0.2) is 0 Å². The molecule has 0 fully saturated rings. The maximum atomic E-state index is 11.1. The third-order valence-corrected chi connectivity index (χ3v) is 3.00. The number of thioether (sulfide) groups is 1. The lowest BCUT2D eigenvalue weighted by molar-refractivity contribution is -0.142. The van der Waals surface area contributed by atoms with Crippen LogP contribution in [0.3, 0.4) is 0 Å². The van der Waals surface area contributed by atoms with Crippen LogP contribution in [0.4, 0.5) is 0 Å². The normalized spacial score (nSPS) is 10.1. The van der Waals surface area contributed by atoms with Crippen molar-refractivity contribution in [3.63, 3.8) is 0 Å². The van der Waals surface area contributed by atoms with Crippen LogP contribution in [0.25, 0.3) is 0 Å². The molecule has 3 nitrogen and oxygen atoms in total. The molecule has 0 bridgehead atoms. The van der Waals surface area contributed by atoms with Gasteiger partial charge in [-0.1, -0.05) is 12.1 Å². The molecule has 0 saturated carbocycles. The van der Waals surface area contributed by atoms with Crippen molar-refractivity contribution in [2.45, 2.75) is 24.8 Å². The second kappa shape index (κ2) is 7.30. The van der Waals surface area contributed by atoms with Gasteiger partial charge in [0.2, 0.25) is 0 Å². The van der Waals surface area contributed by atoms with Gasteiger partial charge in [-0.2, -0.15) is 0 Å². The van der Waals surface area contributed by atoms with Gasteiger partial charge in [0, 0.05) is 10.6 Å². The highest BCUT2D eigenvalue weighted by Gasteiger charge is 2.02. The van der Waals surface area contributed by atoms with Crippen molar-refractivity contribution in [3.8, 4) is 0 Å². The summed E-state index contributed by atoms with van der Waals surface area (Å²) in [7, 11) is 0. The van der Waals surface area contributed by atoms with Crippen LogP contribution in [0.15, 0.2) is 29.2 Å². The van der Waals surface area contributed by atoms with Gasteiger partial charge < -0.3 is 9.84 Å². The molecule has 1 aromatic rings. The summed E-state index contributed by atoms with van der Waals surface area (Å²) in [5.74, 6) is 0.569. The lowest BCUT2D eigenvalue weighted by Crippen LogP contribution is -2.04. The second-order valence-corrected chi connectivity index (χ2v) is 4.37. The molecule has 88 valence electrons. The summed E-state index contributed by atoms with van der Waals surface area (Å²) in [6, 6.07) is 7.65. The summed E-state index contributed by atoms with van der Waals surface area (Å²) >= 11 is 1.61. The molecule has 0 aliphatic heterocycles. The highest BCUT2D eigenvalue weighted by Crippen LogP contribution is 2.19. The van der Waals surface area contributed by atoms with E-state index in [9.17, 15) is 4.79 Å². The predicted molar refractivity (Wildman–Crippen MR) is 64.3 cm³/mol.